The van der Waals surface area contributed by atoms with E-state index in [-0.39, 0.29) is 25.0 Å². The number of aryl methyl sites for hydroxylation is 1. The quantitative estimate of drug-likeness (QED) is 0.524. The minimum Gasteiger partial charge on any atom is -0.495 e. The van der Waals surface area contributed by atoms with Crippen LogP contribution in [0.3, 0.4) is 0 Å². The molecule has 1 aromatic carbocycles. The first-order valence-electron chi connectivity index (χ1n) is 11.1. The molecule has 0 saturated carbocycles. The van der Waals surface area contributed by atoms with Crippen LogP contribution in [0, 0.1) is 0 Å². The van der Waals surface area contributed by atoms with Crippen LogP contribution in [0.25, 0.3) is 0 Å². The van der Waals surface area contributed by atoms with Gasteiger partial charge in [-0.1, -0.05) is 11.6 Å². The zero-order valence-corrected chi connectivity index (χ0v) is 20.2. The number of amides is 2. The number of nitrogens with zero attached hydrogens (tertiary/aromatic N) is 2. The van der Waals surface area contributed by atoms with Gasteiger partial charge in [-0.15, -0.1) is 11.3 Å². The van der Waals surface area contributed by atoms with Crippen LogP contribution in [-0.4, -0.2) is 79.7 Å². The molecular formula is C23H29ClN4O4S. The van der Waals surface area contributed by atoms with Gasteiger partial charge in [-0.05, 0) is 43.0 Å². The zero-order chi connectivity index (χ0) is 23.4. The maximum Gasteiger partial charge on any atom is 0.259 e. The van der Waals surface area contributed by atoms with Crippen LogP contribution in [0.1, 0.15) is 27.2 Å². The number of aliphatic hydroxyl groups excluding tert-OH is 1. The number of β-amino-alcohol motifs (C(OH)–C–C–N with tert-alkyl or cyclic N) is 1. The number of ether oxygens (including phenoxy) is 1. The van der Waals surface area contributed by atoms with Gasteiger partial charge < -0.3 is 20.5 Å². The van der Waals surface area contributed by atoms with Crippen molar-refractivity contribution in [2.24, 2.45) is 0 Å². The molecule has 2 aliphatic rings. The Balaban J connectivity index is 1.46. The molecule has 1 fully saturated rings. The van der Waals surface area contributed by atoms with E-state index in [0.717, 1.165) is 55.9 Å². The molecule has 1 saturated heterocycles. The average molecular weight is 493 g/mol. The number of carbonyl (C=O) groups is 2. The van der Waals surface area contributed by atoms with Crippen LogP contribution in [0.4, 0.5) is 10.7 Å². The van der Waals surface area contributed by atoms with E-state index in [1.54, 1.807) is 18.2 Å². The molecule has 0 spiro atoms. The summed E-state index contributed by atoms with van der Waals surface area (Å²) in [7, 11) is 1.54. The van der Waals surface area contributed by atoms with E-state index in [2.05, 4.69) is 20.4 Å². The number of nitrogens with one attached hydrogen (secondary N) is 2. The number of thiophene rings is 1. The number of rotatable bonds is 8. The van der Waals surface area contributed by atoms with Crippen molar-refractivity contribution in [3.05, 3.63) is 39.2 Å². The van der Waals surface area contributed by atoms with Crippen molar-refractivity contribution in [2.75, 3.05) is 63.6 Å². The lowest BCUT2D eigenvalue weighted by molar-refractivity contribution is -0.117. The largest absolute Gasteiger partial charge is 0.495 e. The van der Waals surface area contributed by atoms with E-state index < -0.39 is 0 Å². The molecule has 10 heteroatoms. The summed E-state index contributed by atoms with van der Waals surface area (Å²) >= 11 is 7.61. The first-order chi connectivity index (χ1) is 16.0. The summed E-state index contributed by atoms with van der Waals surface area (Å²) in [6.45, 7) is 4.30. The molecule has 3 N–H and O–H groups in total. The van der Waals surface area contributed by atoms with E-state index in [1.165, 1.54) is 18.4 Å². The lowest BCUT2D eigenvalue weighted by Crippen LogP contribution is -2.49. The fraction of sp³-hybridized carbons (Fsp3) is 0.478. The number of fused-ring (bicyclic) bond motifs is 1. The normalized spacial score (nSPS) is 16.5. The van der Waals surface area contributed by atoms with Gasteiger partial charge in [0.1, 0.15) is 10.8 Å². The van der Waals surface area contributed by atoms with Crippen LogP contribution in [0.15, 0.2) is 18.2 Å². The number of piperazine rings is 1. The number of anilines is 2. The van der Waals surface area contributed by atoms with Gasteiger partial charge in [-0.2, -0.15) is 0 Å². The Labute approximate surface area is 202 Å². The Morgan fingerprint density at radius 3 is 2.64 bits per heavy atom. The van der Waals surface area contributed by atoms with Gasteiger partial charge >= 0.3 is 0 Å². The lowest BCUT2D eigenvalue weighted by atomic mass is 10.1. The summed E-state index contributed by atoms with van der Waals surface area (Å²) < 4.78 is 5.35. The number of benzene rings is 1. The highest BCUT2D eigenvalue weighted by Crippen LogP contribution is 2.40. The van der Waals surface area contributed by atoms with Crippen molar-refractivity contribution in [2.45, 2.75) is 19.3 Å². The average Bonchev–Trinajstić information content (AvgIpc) is 3.36. The summed E-state index contributed by atoms with van der Waals surface area (Å²) in [6, 6.07) is 5.06. The highest BCUT2D eigenvalue weighted by molar-refractivity contribution is 7.17. The summed E-state index contributed by atoms with van der Waals surface area (Å²) in [5.74, 6) is 0.119. The third-order valence-corrected chi connectivity index (χ3v) is 7.50. The van der Waals surface area contributed by atoms with Gasteiger partial charge in [0.05, 0.1) is 31.5 Å². The fourth-order valence-electron chi connectivity index (χ4n) is 4.38. The van der Waals surface area contributed by atoms with Crippen LogP contribution < -0.4 is 15.4 Å². The zero-order valence-electron chi connectivity index (χ0n) is 18.7. The molecule has 0 radical (unpaired) electrons. The highest BCUT2D eigenvalue weighted by atomic mass is 35.5. The third-order valence-electron chi connectivity index (χ3n) is 6.06. The molecule has 33 heavy (non-hydrogen) atoms. The van der Waals surface area contributed by atoms with Crippen molar-refractivity contribution >= 4 is 45.4 Å². The number of aliphatic hydroxyl groups is 1. The Morgan fingerprint density at radius 2 is 1.91 bits per heavy atom. The van der Waals surface area contributed by atoms with Crippen LogP contribution in [0.5, 0.6) is 5.75 Å². The van der Waals surface area contributed by atoms with Gasteiger partial charge in [0.25, 0.3) is 5.91 Å². The number of methoxy groups -OCH3 is 1. The molecular weight excluding hydrogens is 464 g/mol. The van der Waals surface area contributed by atoms with Crippen molar-refractivity contribution in [3.63, 3.8) is 0 Å². The maximum atomic E-state index is 13.3. The van der Waals surface area contributed by atoms with Crippen molar-refractivity contribution < 1.29 is 19.4 Å². The third kappa shape index (κ3) is 5.67. The SMILES string of the molecule is COc1ccc(Cl)cc1NC(=O)c1c(NC(=O)CN2CCN(CCO)CC2)sc2c1CCC2. The minimum absolute atomic E-state index is 0.125. The molecule has 8 nitrogen and oxygen atoms in total. The summed E-state index contributed by atoms with van der Waals surface area (Å²) in [4.78, 5) is 31.6. The first kappa shape index (κ1) is 24.0. The molecule has 2 aromatic rings. The molecule has 4 rings (SSSR count). The van der Waals surface area contributed by atoms with Crippen LogP contribution in [-0.2, 0) is 17.6 Å². The molecule has 0 atom stereocenters. The van der Waals surface area contributed by atoms with Gasteiger partial charge in [0, 0.05) is 42.6 Å². The predicted molar refractivity (Wildman–Crippen MR) is 131 cm³/mol. The number of hydrogen-bond acceptors (Lipinski definition) is 7. The Morgan fingerprint density at radius 1 is 1.15 bits per heavy atom. The van der Waals surface area contributed by atoms with Gasteiger partial charge in [-0.3, -0.25) is 19.4 Å². The van der Waals surface area contributed by atoms with Crippen LogP contribution >= 0.6 is 22.9 Å². The van der Waals surface area contributed by atoms with E-state index in [9.17, 15) is 9.59 Å². The highest BCUT2D eigenvalue weighted by Gasteiger charge is 2.28. The second-order valence-corrected chi connectivity index (χ2v) is 9.79. The Kier molecular flexibility index (Phi) is 7.87. The minimum atomic E-state index is -0.275. The van der Waals surface area contributed by atoms with Crippen molar-refractivity contribution in [1.29, 1.82) is 0 Å². The summed E-state index contributed by atoms with van der Waals surface area (Å²) in [5, 5.41) is 16.1. The molecule has 1 aliphatic heterocycles. The van der Waals surface area contributed by atoms with E-state index >= 15 is 0 Å². The maximum absolute atomic E-state index is 13.3. The predicted octanol–water partition coefficient (Wildman–Crippen LogP) is 2.70. The Bertz CT molecular complexity index is 1020. The summed E-state index contributed by atoms with van der Waals surface area (Å²) in [5.41, 5.74) is 2.05. The van der Waals surface area contributed by atoms with E-state index in [4.69, 9.17) is 21.4 Å². The standard InChI is InChI=1S/C23H29ClN4O4S/c1-32-18-6-5-15(24)13-17(18)25-22(31)21-16-3-2-4-19(16)33-23(21)26-20(30)14-28-9-7-27(8-10-28)11-12-29/h5-6,13,29H,2-4,7-12,14H2,1H3,(H,25,31)(H,26,30). The second-order valence-electron chi connectivity index (χ2n) is 8.25. The molecule has 1 aromatic heterocycles. The lowest BCUT2D eigenvalue weighted by Gasteiger charge is -2.33. The van der Waals surface area contributed by atoms with E-state index in [1.807, 2.05) is 0 Å². The molecule has 0 bridgehead atoms. The van der Waals surface area contributed by atoms with E-state index in [0.29, 0.717) is 33.6 Å². The number of halogens is 1. The monoisotopic (exact) mass is 492 g/mol. The molecule has 1 aliphatic carbocycles. The molecule has 178 valence electrons. The van der Waals surface area contributed by atoms with Crippen LogP contribution in [0.2, 0.25) is 5.02 Å². The summed E-state index contributed by atoms with van der Waals surface area (Å²) in [6.07, 6.45) is 2.75. The van der Waals surface area contributed by atoms with Gasteiger partial charge in [0.15, 0.2) is 0 Å². The molecule has 2 heterocycles. The van der Waals surface area contributed by atoms with Gasteiger partial charge in [0.2, 0.25) is 5.91 Å². The second kappa shape index (κ2) is 10.8. The topological polar surface area (TPSA) is 94.1 Å². The Hall–Kier alpha value is -2.17. The molecule has 2 amide bonds. The number of hydrogen-bond donors (Lipinski definition) is 3. The first-order valence-corrected chi connectivity index (χ1v) is 12.3. The number of carbonyl (C=O) groups excluding carboxylic acids is 2. The van der Waals surface area contributed by atoms with Crippen molar-refractivity contribution in [1.82, 2.24) is 9.80 Å². The fourth-order valence-corrected chi connectivity index (χ4v) is 5.85. The van der Waals surface area contributed by atoms with Crippen molar-refractivity contribution in [3.8, 4) is 5.75 Å². The molecule has 0 unspecified atom stereocenters. The smallest absolute Gasteiger partial charge is 0.259 e. The van der Waals surface area contributed by atoms with Gasteiger partial charge in [-0.25, -0.2) is 0 Å².